The first kappa shape index (κ1) is 9.21. The first-order valence-corrected chi connectivity index (χ1v) is 5.43. The van der Waals surface area contributed by atoms with E-state index in [4.69, 9.17) is 12.2 Å². The van der Waals surface area contributed by atoms with Gasteiger partial charge in [-0.15, -0.1) is 0 Å². The van der Waals surface area contributed by atoms with Crippen molar-refractivity contribution in [3.63, 3.8) is 0 Å². The number of nitrogens with zero attached hydrogens (tertiary/aromatic N) is 2. The lowest BCUT2D eigenvalue weighted by molar-refractivity contribution is 0.174. The van der Waals surface area contributed by atoms with Gasteiger partial charge in [-0.3, -0.25) is 4.90 Å². The van der Waals surface area contributed by atoms with E-state index >= 15 is 0 Å². The maximum Gasteiger partial charge on any atom is 0.168 e. The van der Waals surface area contributed by atoms with E-state index in [1.165, 1.54) is 25.9 Å². The Morgan fingerprint density at radius 2 is 1.85 bits per heavy atom. The number of hydrogen-bond acceptors (Lipinski definition) is 2. The molecule has 0 aromatic carbocycles. The summed E-state index contributed by atoms with van der Waals surface area (Å²) < 4.78 is 0. The number of hydrogen-bond donors (Lipinski definition) is 1. The molecule has 2 fully saturated rings. The van der Waals surface area contributed by atoms with Crippen LogP contribution in [0.1, 0.15) is 12.8 Å². The van der Waals surface area contributed by atoms with Gasteiger partial charge < -0.3 is 10.2 Å². The standard InChI is InChI=1S/C9H17N3S/c1-10-9(13)12-6-4-11(5-7-12)8-2-3-8/h8H,2-7H2,1H3,(H,10,13). The van der Waals surface area contributed by atoms with Crippen molar-refractivity contribution in [1.82, 2.24) is 15.1 Å². The normalized spacial score (nSPS) is 24.5. The molecule has 0 bridgehead atoms. The molecule has 74 valence electrons. The van der Waals surface area contributed by atoms with Crippen LogP contribution in [-0.2, 0) is 0 Å². The smallest absolute Gasteiger partial charge is 0.168 e. The minimum absolute atomic E-state index is 0.899. The fraction of sp³-hybridized carbons (Fsp3) is 0.889. The van der Waals surface area contributed by atoms with Gasteiger partial charge in [0, 0.05) is 39.3 Å². The van der Waals surface area contributed by atoms with Crippen LogP contribution in [0.25, 0.3) is 0 Å². The van der Waals surface area contributed by atoms with Crippen molar-refractivity contribution < 1.29 is 0 Å². The van der Waals surface area contributed by atoms with Crippen LogP contribution >= 0.6 is 12.2 Å². The van der Waals surface area contributed by atoms with E-state index in [-0.39, 0.29) is 0 Å². The van der Waals surface area contributed by atoms with E-state index in [1.54, 1.807) is 0 Å². The molecule has 1 aliphatic heterocycles. The molecule has 3 nitrogen and oxygen atoms in total. The topological polar surface area (TPSA) is 18.5 Å². The first-order valence-electron chi connectivity index (χ1n) is 5.02. The van der Waals surface area contributed by atoms with Crippen LogP contribution in [0.2, 0.25) is 0 Å². The molecule has 0 radical (unpaired) electrons. The van der Waals surface area contributed by atoms with Crippen molar-refractivity contribution in [1.29, 1.82) is 0 Å². The van der Waals surface area contributed by atoms with Gasteiger partial charge in [-0.2, -0.15) is 0 Å². The molecule has 0 spiro atoms. The highest BCUT2D eigenvalue weighted by atomic mass is 32.1. The highest BCUT2D eigenvalue weighted by Crippen LogP contribution is 2.27. The van der Waals surface area contributed by atoms with Crippen molar-refractivity contribution in [3.05, 3.63) is 0 Å². The van der Waals surface area contributed by atoms with Crippen LogP contribution in [0.15, 0.2) is 0 Å². The summed E-state index contributed by atoms with van der Waals surface area (Å²) >= 11 is 5.19. The van der Waals surface area contributed by atoms with Gasteiger partial charge in [-0.05, 0) is 25.1 Å². The third-order valence-corrected chi connectivity index (χ3v) is 3.34. The van der Waals surface area contributed by atoms with Gasteiger partial charge >= 0.3 is 0 Å². The van der Waals surface area contributed by atoms with E-state index < -0.39 is 0 Å². The van der Waals surface area contributed by atoms with Crippen LogP contribution in [0.4, 0.5) is 0 Å². The molecule has 0 aromatic rings. The Morgan fingerprint density at radius 3 is 2.31 bits per heavy atom. The van der Waals surface area contributed by atoms with Gasteiger partial charge in [0.25, 0.3) is 0 Å². The van der Waals surface area contributed by atoms with Crippen molar-refractivity contribution >= 4 is 17.3 Å². The zero-order valence-electron chi connectivity index (χ0n) is 8.12. The van der Waals surface area contributed by atoms with Gasteiger partial charge in [0.2, 0.25) is 0 Å². The largest absolute Gasteiger partial charge is 0.366 e. The van der Waals surface area contributed by atoms with Gasteiger partial charge in [-0.1, -0.05) is 0 Å². The quantitative estimate of drug-likeness (QED) is 0.611. The molecule has 1 saturated heterocycles. The Hall–Kier alpha value is -0.350. The highest BCUT2D eigenvalue weighted by molar-refractivity contribution is 7.80. The van der Waals surface area contributed by atoms with Gasteiger partial charge in [0.15, 0.2) is 5.11 Å². The van der Waals surface area contributed by atoms with Crippen LogP contribution in [0.3, 0.4) is 0 Å². The summed E-state index contributed by atoms with van der Waals surface area (Å²) in [6, 6.07) is 0.908. The third kappa shape index (κ3) is 2.11. The molecular formula is C9H17N3S. The van der Waals surface area contributed by atoms with E-state index in [0.29, 0.717) is 0 Å². The summed E-state index contributed by atoms with van der Waals surface area (Å²) in [5.74, 6) is 0. The predicted molar refractivity (Wildman–Crippen MR) is 57.8 cm³/mol. The molecule has 4 heteroatoms. The molecule has 1 saturated carbocycles. The van der Waals surface area contributed by atoms with E-state index in [0.717, 1.165) is 24.2 Å². The van der Waals surface area contributed by atoms with Crippen molar-refractivity contribution in [2.45, 2.75) is 18.9 Å². The van der Waals surface area contributed by atoms with Gasteiger partial charge in [-0.25, -0.2) is 0 Å². The van der Waals surface area contributed by atoms with Gasteiger partial charge in [0.1, 0.15) is 0 Å². The molecule has 0 amide bonds. The number of piperazine rings is 1. The highest BCUT2D eigenvalue weighted by Gasteiger charge is 2.31. The summed E-state index contributed by atoms with van der Waals surface area (Å²) in [6.45, 7) is 4.56. The molecule has 1 N–H and O–H groups in total. The lowest BCUT2D eigenvalue weighted by atomic mass is 10.3. The fourth-order valence-corrected chi connectivity index (χ4v) is 2.07. The average Bonchev–Trinajstić information content (AvgIpc) is 3.00. The summed E-state index contributed by atoms with van der Waals surface area (Å²) in [5.41, 5.74) is 0. The van der Waals surface area contributed by atoms with Gasteiger partial charge in [0.05, 0.1) is 0 Å². The second-order valence-corrected chi connectivity index (χ2v) is 4.20. The summed E-state index contributed by atoms with van der Waals surface area (Å²) in [6.07, 6.45) is 2.83. The molecule has 0 aromatic heterocycles. The SMILES string of the molecule is CNC(=S)N1CCN(C2CC2)CC1. The Labute approximate surface area is 85.1 Å². The van der Waals surface area contributed by atoms with Crippen LogP contribution in [-0.4, -0.2) is 54.2 Å². The number of rotatable bonds is 1. The first-order chi connectivity index (χ1) is 6.31. The van der Waals surface area contributed by atoms with E-state index in [9.17, 15) is 0 Å². The van der Waals surface area contributed by atoms with Crippen molar-refractivity contribution in [2.24, 2.45) is 0 Å². The second kappa shape index (κ2) is 3.80. The Balaban J connectivity index is 1.78. The lowest BCUT2D eigenvalue weighted by Gasteiger charge is -2.35. The molecule has 2 rings (SSSR count). The maximum absolute atomic E-state index is 5.19. The molecule has 2 aliphatic rings. The lowest BCUT2D eigenvalue weighted by Crippen LogP contribution is -2.51. The monoisotopic (exact) mass is 199 g/mol. The average molecular weight is 199 g/mol. The van der Waals surface area contributed by atoms with Crippen molar-refractivity contribution in [3.8, 4) is 0 Å². The number of nitrogens with one attached hydrogen (secondary N) is 1. The second-order valence-electron chi connectivity index (χ2n) is 3.81. The molecule has 13 heavy (non-hydrogen) atoms. The van der Waals surface area contributed by atoms with Crippen LogP contribution < -0.4 is 5.32 Å². The molecular weight excluding hydrogens is 182 g/mol. The summed E-state index contributed by atoms with van der Waals surface area (Å²) in [5, 5.41) is 3.93. The predicted octanol–water partition coefficient (Wildman–Crippen LogP) is 0.271. The maximum atomic E-state index is 5.19. The Morgan fingerprint density at radius 1 is 1.23 bits per heavy atom. The zero-order chi connectivity index (χ0) is 9.26. The zero-order valence-corrected chi connectivity index (χ0v) is 8.94. The molecule has 1 aliphatic carbocycles. The van der Waals surface area contributed by atoms with Crippen molar-refractivity contribution in [2.75, 3.05) is 33.2 Å². The third-order valence-electron chi connectivity index (χ3n) is 2.88. The number of thiocarbonyl (C=S) groups is 1. The Bertz CT molecular complexity index is 195. The molecule has 1 heterocycles. The minimum Gasteiger partial charge on any atom is -0.366 e. The van der Waals surface area contributed by atoms with Crippen LogP contribution in [0, 0.1) is 0 Å². The molecule has 0 unspecified atom stereocenters. The molecule has 0 atom stereocenters. The van der Waals surface area contributed by atoms with Crippen LogP contribution in [0.5, 0.6) is 0 Å². The Kier molecular flexibility index (Phi) is 2.69. The summed E-state index contributed by atoms with van der Waals surface area (Å²) in [7, 11) is 1.90. The minimum atomic E-state index is 0.899. The van der Waals surface area contributed by atoms with E-state index in [1.807, 2.05) is 7.05 Å². The van der Waals surface area contributed by atoms with E-state index in [2.05, 4.69) is 15.1 Å². The summed E-state index contributed by atoms with van der Waals surface area (Å²) in [4.78, 5) is 4.85. The fourth-order valence-electron chi connectivity index (χ4n) is 1.89.